The predicted molar refractivity (Wildman–Crippen MR) is 90.6 cm³/mol. The highest BCUT2D eigenvalue weighted by atomic mass is 79.9. The first-order valence-corrected chi connectivity index (χ1v) is 8.39. The summed E-state index contributed by atoms with van der Waals surface area (Å²) in [4.78, 5) is 16.1. The summed E-state index contributed by atoms with van der Waals surface area (Å²) in [6.07, 6.45) is 2.14. The van der Waals surface area contributed by atoms with E-state index in [0.29, 0.717) is 6.54 Å². The monoisotopic (exact) mass is 353 g/mol. The van der Waals surface area contributed by atoms with E-state index in [1.54, 1.807) is 0 Å². The number of likely N-dealkylation sites (N-methyl/N-ethyl adjacent to an activating group) is 1. The Labute approximate surface area is 135 Å². The molecular weight excluding hydrogens is 330 g/mol. The maximum atomic E-state index is 12.1. The molecule has 1 amide bonds. The molecule has 1 aliphatic heterocycles. The lowest BCUT2D eigenvalue weighted by Gasteiger charge is -2.25. The lowest BCUT2D eigenvalue weighted by atomic mass is 10.1. The fourth-order valence-corrected chi connectivity index (χ4v) is 3.00. The molecule has 0 bridgehead atoms. The SMILES string of the molecule is CCCNCc1cc(Br)ccc1N1CCCN(C)C(=O)C1. The maximum Gasteiger partial charge on any atom is 0.241 e. The Balaban J connectivity index is 2.18. The summed E-state index contributed by atoms with van der Waals surface area (Å²) in [6.45, 7) is 6.25. The number of benzene rings is 1. The van der Waals surface area contributed by atoms with Crippen LogP contribution in [0.4, 0.5) is 5.69 Å². The summed E-state index contributed by atoms with van der Waals surface area (Å²) in [5, 5.41) is 3.45. The van der Waals surface area contributed by atoms with Gasteiger partial charge in [0.25, 0.3) is 0 Å². The second-order valence-electron chi connectivity index (χ2n) is 5.54. The number of nitrogens with one attached hydrogen (secondary N) is 1. The van der Waals surface area contributed by atoms with Gasteiger partial charge >= 0.3 is 0 Å². The molecule has 2 rings (SSSR count). The molecule has 0 aromatic heterocycles. The van der Waals surface area contributed by atoms with Crippen LogP contribution in [0.15, 0.2) is 22.7 Å². The molecule has 1 aromatic carbocycles. The number of anilines is 1. The standard InChI is InChI=1S/C16H24BrN3O/c1-3-7-18-11-13-10-14(17)5-6-15(13)20-9-4-8-19(2)16(21)12-20/h5-6,10,18H,3-4,7-9,11-12H2,1-2H3. The molecule has 0 radical (unpaired) electrons. The number of carbonyl (C=O) groups excluding carboxylic acids is 1. The van der Waals surface area contributed by atoms with E-state index < -0.39 is 0 Å². The zero-order chi connectivity index (χ0) is 15.2. The summed E-state index contributed by atoms with van der Waals surface area (Å²) in [7, 11) is 1.89. The van der Waals surface area contributed by atoms with Crippen molar-refractivity contribution in [1.29, 1.82) is 0 Å². The zero-order valence-electron chi connectivity index (χ0n) is 12.9. The fraction of sp³-hybridized carbons (Fsp3) is 0.562. The summed E-state index contributed by atoms with van der Waals surface area (Å²) < 4.78 is 1.08. The van der Waals surface area contributed by atoms with E-state index in [0.717, 1.165) is 43.5 Å². The van der Waals surface area contributed by atoms with Gasteiger partial charge < -0.3 is 15.1 Å². The average Bonchev–Trinajstić information content (AvgIpc) is 2.62. The second kappa shape index (κ2) is 7.80. The molecule has 4 nitrogen and oxygen atoms in total. The van der Waals surface area contributed by atoms with Crippen molar-refractivity contribution < 1.29 is 4.79 Å². The molecule has 21 heavy (non-hydrogen) atoms. The number of amides is 1. The van der Waals surface area contributed by atoms with Crippen LogP contribution in [0.5, 0.6) is 0 Å². The molecular formula is C16H24BrN3O. The van der Waals surface area contributed by atoms with Crippen LogP contribution >= 0.6 is 15.9 Å². The van der Waals surface area contributed by atoms with Gasteiger partial charge in [-0.25, -0.2) is 0 Å². The van der Waals surface area contributed by atoms with Crippen molar-refractivity contribution in [3.05, 3.63) is 28.2 Å². The summed E-state index contributed by atoms with van der Waals surface area (Å²) in [5.41, 5.74) is 2.42. The largest absolute Gasteiger partial charge is 0.362 e. The highest BCUT2D eigenvalue weighted by molar-refractivity contribution is 9.10. The Morgan fingerprint density at radius 1 is 1.33 bits per heavy atom. The summed E-state index contributed by atoms with van der Waals surface area (Å²) in [6, 6.07) is 6.32. The van der Waals surface area contributed by atoms with Gasteiger partial charge in [-0.15, -0.1) is 0 Å². The molecule has 116 valence electrons. The first kappa shape index (κ1) is 16.3. The van der Waals surface area contributed by atoms with Gasteiger partial charge in [-0.2, -0.15) is 0 Å². The van der Waals surface area contributed by atoms with Crippen LogP contribution < -0.4 is 10.2 Å². The highest BCUT2D eigenvalue weighted by Gasteiger charge is 2.20. The number of nitrogens with zero attached hydrogens (tertiary/aromatic N) is 2. The molecule has 0 aliphatic carbocycles. The van der Waals surface area contributed by atoms with Crippen LogP contribution in [0.2, 0.25) is 0 Å². The van der Waals surface area contributed by atoms with Crippen molar-refractivity contribution in [2.24, 2.45) is 0 Å². The molecule has 1 N–H and O–H groups in total. The van der Waals surface area contributed by atoms with Gasteiger partial charge in [-0.3, -0.25) is 4.79 Å². The van der Waals surface area contributed by atoms with Gasteiger partial charge in [-0.1, -0.05) is 22.9 Å². The molecule has 1 fully saturated rings. The van der Waals surface area contributed by atoms with Crippen molar-refractivity contribution in [3.63, 3.8) is 0 Å². The Hall–Kier alpha value is -1.07. The van der Waals surface area contributed by atoms with Crippen molar-refractivity contribution >= 4 is 27.5 Å². The van der Waals surface area contributed by atoms with Crippen LogP contribution in [-0.4, -0.2) is 44.0 Å². The smallest absolute Gasteiger partial charge is 0.241 e. The quantitative estimate of drug-likeness (QED) is 0.826. The van der Waals surface area contributed by atoms with E-state index in [1.165, 1.54) is 11.3 Å². The third kappa shape index (κ3) is 4.45. The van der Waals surface area contributed by atoms with Crippen LogP contribution in [0.1, 0.15) is 25.3 Å². The van der Waals surface area contributed by atoms with Crippen molar-refractivity contribution in [2.45, 2.75) is 26.3 Å². The van der Waals surface area contributed by atoms with Crippen molar-refractivity contribution in [2.75, 3.05) is 38.1 Å². The van der Waals surface area contributed by atoms with E-state index >= 15 is 0 Å². The highest BCUT2D eigenvalue weighted by Crippen LogP contribution is 2.26. The fourth-order valence-electron chi connectivity index (χ4n) is 2.60. The van der Waals surface area contributed by atoms with Gasteiger partial charge in [-0.05, 0) is 43.1 Å². The van der Waals surface area contributed by atoms with E-state index in [9.17, 15) is 4.79 Å². The first-order valence-electron chi connectivity index (χ1n) is 7.60. The summed E-state index contributed by atoms with van der Waals surface area (Å²) >= 11 is 3.54. The lowest BCUT2D eigenvalue weighted by molar-refractivity contribution is -0.127. The normalized spacial score (nSPS) is 16.2. The minimum absolute atomic E-state index is 0.197. The molecule has 5 heteroatoms. The third-order valence-electron chi connectivity index (χ3n) is 3.80. The number of hydrogen-bond donors (Lipinski definition) is 1. The van der Waals surface area contributed by atoms with Gasteiger partial charge in [0.15, 0.2) is 0 Å². The van der Waals surface area contributed by atoms with Crippen molar-refractivity contribution in [1.82, 2.24) is 10.2 Å². The number of hydrogen-bond acceptors (Lipinski definition) is 3. The Bertz CT molecular complexity index is 492. The lowest BCUT2D eigenvalue weighted by Crippen LogP contribution is -2.35. The zero-order valence-corrected chi connectivity index (χ0v) is 14.4. The van der Waals surface area contributed by atoms with Crippen LogP contribution in [0.25, 0.3) is 0 Å². The van der Waals surface area contributed by atoms with Gasteiger partial charge in [0.05, 0.1) is 6.54 Å². The Morgan fingerprint density at radius 2 is 2.14 bits per heavy atom. The van der Waals surface area contributed by atoms with Crippen LogP contribution in [0.3, 0.4) is 0 Å². The van der Waals surface area contributed by atoms with Crippen molar-refractivity contribution in [3.8, 4) is 0 Å². The van der Waals surface area contributed by atoms with Gasteiger partial charge in [0, 0.05) is 36.8 Å². The number of halogens is 1. The minimum atomic E-state index is 0.197. The molecule has 1 aromatic rings. The molecule has 1 saturated heterocycles. The maximum absolute atomic E-state index is 12.1. The average molecular weight is 354 g/mol. The Morgan fingerprint density at radius 3 is 2.90 bits per heavy atom. The number of rotatable bonds is 5. The molecule has 0 unspecified atom stereocenters. The van der Waals surface area contributed by atoms with E-state index in [-0.39, 0.29) is 5.91 Å². The number of carbonyl (C=O) groups is 1. The minimum Gasteiger partial charge on any atom is -0.362 e. The topological polar surface area (TPSA) is 35.6 Å². The molecule has 1 heterocycles. The second-order valence-corrected chi connectivity index (χ2v) is 6.46. The van der Waals surface area contributed by atoms with E-state index in [2.05, 4.69) is 51.3 Å². The van der Waals surface area contributed by atoms with E-state index in [1.807, 2.05) is 11.9 Å². The molecule has 1 aliphatic rings. The first-order chi connectivity index (χ1) is 10.1. The van der Waals surface area contributed by atoms with Crippen LogP contribution in [-0.2, 0) is 11.3 Å². The van der Waals surface area contributed by atoms with E-state index in [4.69, 9.17) is 0 Å². The molecule has 0 spiro atoms. The van der Waals surface area contributed by atoms with Gasteiger partial charge in [0.2, 0.25) is 5.91 Å². The molecule has 0 saturated carbocycles. The summed E-state index contributed by atoms with van der Waals surface area (Å²) in [5.74, 6) is 0.197. The Kier molecular flexibility index (Phi) is 6.06. The van der Waals surface area contributed by atoms with Crippen LogP contribution in [0, 0.1) is 0 Å². The third-order valence-corrected chi connectivity index (χ3v) is 4.29. The molecule has 0 atom stereocenters. The predicted octanol–water partition coefficient (Wildman–Crippen LogP) is 2.62. The van der Waals surface area contributed by atoms with Gasteiger partial charge in [0.1, 0.15) is 0 Å².